The second-order valence-electron chi connectivity index (χ2n) is 9.48. The van der Waals surface area contributed by atoms with E-state index in [-0.39, 0.29) is 36.7 Å². The molecule has 3 heterocycles. The van der Waals surface area contributed by atoms with Gasteiger partial charge in [-0.05, 0) is 51.7 Å². The smallest absolute Gasteiger partial charge is 0.444 e. The number of rotatable bonds is 8. The lowest BCUT2D eigenvalue weighted by atomic mass is 9.91. The van der Waals surface area contributed by atoms with Gasteiger partial charge in [-0.15, -0.1) is 13.2 Å². The molecule has 0 spiro atoms. The van der Waals surface area contributed by atoms with Crippen molar-refractivity contribution in [3.05, 3.63) is 35.8 Å². The van der Waals surface area contributed by atoms with Crippen LogP contribution in [0.25, 0.3) is 0 Å². The maximum absolute atomic E-state index is 14.3. The summed E-state index contributed by atoms with van der Waals surface area (Å²) >= 11 is 0. The van der Waals surface area contributed by atoms with E-state index in [2.05, 4.69) is 25.0 Å². The van der Waals surface area contributed by atoms with E-state index in [9.17, 15) is 31.5 Å². The number of aromatic nitrogens is 3. The fourth-order valence-electron chi connectivity index (χ4n) is 4.01. The zero-order valence-corrected chi connectivity index (χ0v) is 20.8. The molecule has 3 rings (SSSR count). The molecule has 1 saturated heterocycles. The van der Waals surface area contributed by atoms with Crippen LogP contribution in [0.4, 0.5) is 38.5 Å². The Bertz CT molecular complexity index is 1180. The van der Waals surface area contributed by atoms with Crippen molar-refractivity contribution in [3.63, 3.8) is 0 Å². The number of carbonyl (C=O) groups excluding carboxylic acids is 2. The van der Waals surface area contributed by atoms with Gasteiger partial charge in [-0.3, -0.25) is 4.79 Å². The molecular formula is C23H27F5N6O4. The summed E-state index contributed by atoms with van der Waals surface area (Å²) in [5, 5.41) is 2.59. The quantitative estimate of drug-likeness (QED) is 0.455. The molecule has 15 heteroatoms. The largest absolute Gasteiger partial charge is 0.573 e. The summed E-state index contributed by atoms with van der Waals surface area (Å²) in [6, 6.07) is 1.35. The number of halogens is 5. The van der Waals surface area contributed by atoms with E-state index < -0.39 is 54.6 Å². The van der Waals surface area contributed by atoms with Crippen LogP contribution in [0, 0.1) is 6.92 Å². The van der Waals surface area contributed by atoms with Crippen molar-refractivity contribution in [3.8, 4) is 5.75 Å². The van der Waals surface area contributed by atoms with Crippen LogP contribution in [-0.2, 0) is 4.74 Å². The average molecular weight is 546 g/mol. The average Bonchev–Trinajstić information content (AvgIpc) is 2.77. The van der Waals surface area contributed by atoms with Crippen LogP contribution < -0.4 is 15.8 Å². The molecule has 0 radical (unpaired) electrons. The molecule has 10 nitrogen and oxygen atoms in total. The number of anilines is 2. The lowest BCUT2D eigenvalue weighted by Crippen LogP contribution is -2.52. The predicted octanol–water partition coefficient (Wildman–Crippen LogP) is 4.72. The Kier molecular flexibility index (Phi) is 8.27. The van der Waals surface area contributed by atoms with Gasteiger partial charge in [0.25, 0.3) is 11.8 Å². The van der Waals surface area contributed by atoms with Gasteiger partial charge in [-0.2, -0.15) is 0 Å². The van der Waals surface area contributed by atoms with E-state index >= 15 is 0 Å². The number of piperidine rings is 1. The van der Waals surface area contributed by atoms with E-state index in [1.54, 1.807) is 13.8 Å². The monoisotopic (exact) mass is 546 g/mol. The highest BCUT2D eigenvalue weighted by Crippen LogP contribution is 2.34. The maximum atomic E-state index is 14.3. The highest BCUT2D eigenvalue weighted by molar-refractivity contribution is 5.94. The van der Waals surface area contributed by atoms with E-state index in [1.165, 1.54) is 13.1 Å². The van der Waals surface area contributed by atoms with Crippen molar-refractivity contribution in [1.29, 1.82) is 0 Å². The molecule has 0 saturated carbocycles. The topological polar surface area (TPSA) is 133 Å². The summed E-state index contributed by atoms with van der Waals surface area (Å²) < 4.78 is 75.1. The van der Waals surface area contributed by atoms with Gasteiger partial charge < -0.3 is 25.4 Å². The molecule has 1 fully saturated rings. The number of alkyl halides is 5. The number of nitrogens with one attached hydrogen (secondary N) is 1. The molecule has 0 aliphatic carbocycles. The summed E-state index contributed by atoms with van der Waals surface area (Å²) in [5.41, 5.74) is 4.25. The molecular weight excluding hydrogens is 519 g/mol. The number of amides is 2. The summed E-state index contributed by atoms with van der Waals surface area (Å²) in [6.07, 6.45) is -3.44. The molecule has 1 aliphatic rings. The molecule has 1 atom stereocenters. The standard InChI is InChI=1S/C23H27F5N6O4/c1-13-11-31-20(32-16-10-15(6-9-30-16)37-23(26,27)28)33-17(13)18(35)34-12-22(24,25)8-5-14(34)4-7-21(2,3)38-19(29)36/h6,9-11,14H,4-5,7-8,12H2,1-3H3,(H2,29,36)(H,30,31,32,33)/t14-/m1/s1. The van der Waals surface area contributed by atoms with Gasteiger partial charge >= 0.3 is 12.5 Å². The normalized spacial score (nSPS) is 17.6. The van der Waals surface area contributed by atoms with Crippen molar-refractivity contribution in [1.82, 2.24) is 19.9 Å². The van der Waals surface area contributed by atoms with Crippen molar-refractivity contribution in [2.75, 3.05) is 11.9 Å². The molecule has 2 aromatic rings. The first-order valence-corrected chi connectivity index (χ1v) is 11.5. The lowest BCUT2D eigenvalue weighted by Gasteiger charge is -2.40. The summed E-state index contributed by atoms with van der Waals surface area (Å²) in [7, 11) is 0. The zero-order valence-electron chi connectivity index (χ0n) is 20.8. The molecule has 3 N–H and O–H groups in total. The van der Waals surface area contributed by atoms with Crippen molar-refractivity contribution >= 4 is 23.8 Å². The number of hydrogen-bond donors (Lipinski definition) is 2. The van der Waals surface area contributed by atoms with Crippen molar-refractivity contribution in [2.45, 2.75) is 70.4 Å². The van der Waals surface area contributed by atoms with Crippen molar-refractivity contribution < 1.29 is 41.0 Å². The third-order valence-electron chi connectivity index (χ3n) is 5.78. The summed E-state index contributed by atoms with van der Waals surface area (Å²) in [4.78, 5) is 37.6. The molecule has 0 unspecified atom stereocenters. The van der Waals surface area contributed by atoms with Gasteiger partial charge in [0.05, 0.1) is 6.54 Å². The number of primary amides is 1. The Balaban J connectivity index is 1.82. The molecule has 0 bridgehead atoms. The molecule has 2 amide bonds. The Labute approximate surface area is 214 Å². The number of ether oxygens (including phenoxy) is 2. The zero-order chi connectivity index (χ0) is 28.3. The fraction of sp³-hybridized carbons (Fsp3) is 0.522. The molecule has 1 aliphatic heterocycles. The lowest BCUT2D eigenvalue weighted by molar-refractivity contribution is -0.274. The first-order chi connectivity index (χ1) is 17.5. The number of nitrogens with zero attached hydrogens (tertiary/aromatic N) is 4. The highest BCUT2D eigenvalue weighted by atomic mass is 19.4. The minimum atomic E-state index is -4.91. The van der Waals surface area contributed by atoms with E-state index in [0.717, 1.165) is 23.2 Å². The third-order valence-corrected chi connectivity index (χ3v) is 5.78. The van der Waals surface area contributed by atoms with Crippen LogP contribution in [0.15, 0.2) is 24.5 Å². The molecule has 0 aromatic carbocycles. The predicted molar refractivity (Wildman–Crippen MR) is 124 cm³/mol. The minimum absolute atomic E-state index is 0.0105. The third kappa shape index (κ3) is 8.11. The number of aryl methyl sites for hydroxylation is 1. The highest BCUT2D eigenvalue weighted by Gasteiger charge is 2.43. The number of hydrogen-bond acceptors (Lipinski definition) is 8. The Morgan fingerprint density at radius 2 is 1.97 bits per heavy atom. The summed E-state index contributed by atoms with van der Waals surface area (Å²) in [5.74, 6) is -4.72. The van der Waals surface area contributed by atoms with Crippen molar-refractivity contribution in [2.24, 2.45) is 5.73 Å². The molecule has 2 aromatic heterocycles. The van der Waals surface area contributed by atoms with Crippen LogP contribution in [-0.4, -0.2) is 62.3 Å². The van der Waals surface area contributed by atoms with Gasteiger partial charge in [0.2, 0.25) is 5.95 Å². The molecule has 208 valence electrons. The second kappa shape index (κ2) is 10.9. The van der Waals surface area contributed by atoms with Crippen LogP contribution in [0.2, 0.25) is 0 Å². The number of pyridine rings is 1. The minimum Gasteiger partial charge on any atom is -0.444 e. The van der Waals surface area contributed by atoms with E-state index in [4.69, 9.17) is 10.5 Å². The van der Waals surface area contributed by atoms with Gasteiger partial charge in [0.1, 0.15) is 22.9 Å². The van der Waals surface area contributed by atoms with E-state index in [1.807, 2.05) is 0 Å². The Hall–Kier alpha value is -3.78. The second-order valence-corrected chi connectivity index (χ2v) is 9.48. The number of nitrogens with two attached hydrogens (primary N) is 1. The molecule has 38 heavy (non-hydrogen) atoms. The van der Waals surface area contributed by atoms with Gasteiger partial charge in [0, 0.05) is 30.9 Å². The van der Waals surface area contributed by atoms with Gasteiger partial charge in [-0.1, -0.05) is 0 Å². The summed E-state index contributed by atoms with van der Waals surface area (Å²) in [6.45, 7) is 3.93. The van der Waals surface area contributed by atoms with Crippen LogP contribution in [0.5, 0.6) is 5.75 Å². The first-order valence-electron chi connectivity index (χ1n) is 11.5. The van der Waals surface area contributed by atoms with Crippen LogP contribution in [0.1, 0.15) is 55.6 Å². The maximum Gasteiger partial charge on any atom is 0.573 e. The SMILES string of the molecule is Cc1cnc(Nc2cc(OC(F)(F)F)ccn2)nc1C(=O)N1CC(F)(F)CC[C@H]1CCC(C)(C)OC(N)=O. The van der Waals surface area contributed by atoms with Crippen LogP contribution in [0.3, 0.4) is 0 Å². The van der Waals surface area contributed by atoms with Crippen LogP contribution >= 0.6 is 0 Å². The number of carbonyl (C=O) groups is 2. The van der Waals surface area contributed by atoms with Gasteiger partial charge in [-0.25, -0.2) is 28.5 Å². The van der Waals surface area contributed by atoms with E-state index in [0.29, 0.717) is 5.56 Å². The first kappa shape index (κ1) is 28.8. The Morgan fingerprint density at radius 1 is 1.26 bits per heavy atom. The van der Waals surface area contributed by atoms with Gasteiger partial charge in [0.15, 0.2) is 0 Å². The Morgan fingerprint density at radius 3 is 2.63 bits per heavy atom. The fourth-order valence-corrected chi connectivity index (χ4v) is 4.01. The number of likely N-dealkylation sites (tertiary alicyclic amines) is 1.